The van der Waals surface area contributed by atoms with Crippen molar-refractivity contribution in [2.45, 2.75) is 151 Å². The summed E-state index contributed by atoms with van der Waals surface area (Å²) in [4.78, 5) is 144. The fourth-order valence-electron chi connectivity index (χ4n) is 8.25. The topological polar surface area (TPSA) is 241 Å². The van der Waals surface area contributed by atoms with Crippen molar-refractivity contribution < 1.29 is 52.7 Å². The lowest BCUT2D eigenvalue weighted by molar-refractivity contribution is -0.164. The number of ether oxygens (including phenoxy) is 1. The number of cyclic esters (lactones) is 1. The van der Waals surface area contributed by atoms with Crippen LogP contribution in [-0.4, -0.2) is 162 Å². The first kappa shape index (κ1) is 59.2. The van der Waals surface area contributed by atoms with Crippen LogP contribution >= 0.6 is 0 Å². The van der Waals surface area contributed by atoms with Gasteiger partial charge in [-0.1, -0.05) is 78.8 Å². The smallest absolute Gasteiger partial charge is 0.311 e. The molecule has 8 amide bonds. The lowest BCUT2D eigenvalue weighted by Gasteiger charge is -2.37. The fraction of sp³-hybridized carbons (Fsp3) is 0.680. The number of ketones is 1. The molecule has 1 fully saturated rings. The van der Waals surface area contributed by atoms with Crippen molar-refractivity contribution in [2.75, 3.05) is 41.3 Å². The third kappa shape index (κ3) is 15.6. The molecule has 9 atom stereocenters. The van der Waals surface area contributed by atoms with Crippen LogP contribution in [0.25, 0.3) is 0 Å². The van der Waals surface area contributed by atoms with E-state index in [2.05, 4.69) is 21.3 Å². The number of esters is 1. The number of Topliss-reactive ketones (excluding diaryl/α,β-unsaturated/α-hetero) is 1. The van der Waals surface area contributed by atoms with Gasteiger partial charge < -0.3 is 45.6 Å². The average molecular weight is 969 g/mol. The van der Waals surface area contributed by atoms with E-state index in [-0.39, 0.29) is 25.2 Å². The number of benzene rings is 1. The van der Waals surface area contributed by atoms with E-state index in [0.717, 1.165) is 4.90 Å². The van der Waals surface area contributed by atoms with Gasteiger partial charge in [-0.25, -0.2) is 0 Å². The minimum absolute atomic E-state index is 0.0206. The Balaban J connectivity index is 2.69. The second-order valence-corrected chi connectivity index (χ2v) is 19.8. The van der Waals surface area contributed by atoms with Gasteiger partial charge in [0.2, 0.25) is 41.4 Å². The monoisotopic (exact) mass is 969 g/mol. The van der Waals surface area contributed by atoms with Gasteiger partial charge in [0.05, 0.1) is 25.0 Å². The Hall–Kier alpha value is -5.88. The maximum atomic E-state index is 14.5. The number of carbonyl (C=O) groups is 10. The quantitative estimate of drug-likeness (QED) is 0.217. The number of amides is 8. The summed E-state index contributed by atoms with van der Waals surface area (Å²) >= 11 is 0. The van der Waals surface area contributed by atoms with E-state index in [1.54, 1.807) is 65.0 Å². The zero-order valence-corrected chi connectivity index (χ0v) is 43.8. The van der Waals surface area contributed by atoms with Crippen LogP contribution < -0.4 is 21.3 Å². The van der Waals surface area contributed by atoms with E-state index in [9.17, 15) is 47.9 Å². The van der Waals surface area contributed by atoms with Crippen LogP contribution in [0.15, 0.2) is 30.3 Å². The van der Waals surface area contributed by atoms with Gasteiger partial charge in [-0.2, -0.15) is 0 Å². The zero-order chi connectivity index (χ0) is 52.8. The Morgan fingerprint density at radius 2 is 1.23 bits per heavy atom. The third-order valence-electron chi connectivity index (χ3n) is 13.4. The molecule has 19 heteroatoms. The maximum absolute atomic E-state index is 14.5. The molecule has 69 heavy (non-hydrogen) atoms. The predicted molar refractivity (Wildman–Crippen MR) is 259 cm³/mol. The van der Waals surface area contributed by atoms with Crippen molar-refractivity contribution in [3.8, 4) is 0 Å². The fourth-order valence-corrected chi connectivity index (χ4v) is 8.25. The van der Waals surface area contributed by atoms with Crippen molar-refractivity contribution in [1.82, 2.24) is 40.9 Å². The van der Waals surface area contributed by atoms with E-state index in [4.69, 9.17) is 4.74 Å². The average Bonchev–Trinajstić information content (AvgIpc) is 3.31. The number of hydrogen-bond acceptors (Lipinski definition) is 11. The molecule has 1 heterocycles. The first-order valence-corrected chi connectivity index (χ1v) is 24.0. The molecule has 386 valence electrons. The molecule has 1 aliphatic rings. The van der Waals surface area contributed by atoms with Crippen molar-refractivity contribution in [3.05, 3.63) is 35.9 Å². The number of rotatable bonds is 8. The van der Waals surface area contributed by atoms with Crippen LogP contribution in [0.3, 0.4) is 0 Å². The lowest BCUT2D eigenvalue weighted by atomic mass is 9.82. The molecule has 0 radical (unpaired) electrons. The summed E-state index contributed by atoms with van der Waals surface area (Å²) < 4.78 is 5.77. The number of carbonyl (C=O) groups excluding carboxylic acids is 10. The maximum Gasteiger partial charge on any atom is 0.311 e. The summed E-state index contributed by atoms with van der Waals surface area (Å²) in [5, 5.41) is 10.7. The van der Waals surface area contributed by atoms with Crippen molar-refractivity contribution in [3.63, 3.8) is 0 Å². The molecular formula is C50H80N8O11. The second-order valence-electron chi connectivity index (χ2n) is 19.8. The van der Waals surface area contributed by atoms with Gasteiger partial charge in [0.1, 0.15) is 29.6 Å². The van der Waals surface area contributed by atoms with Crippen LogP contribution in [-0.2, 0) is 59.1 Å². The molecule has 0 saturated carbocycles. The molecule has 0 spiro atoms. The first-order chi connectivity index (χ1) is 32.0. The van der Waals surface area contributed by atoms with E-state index < -0.39 is 138 Å². The molecule has 2 rings (SSSR count). The van der Waals surface area contributed by atoms with Gasteiger partial charge in [-0.3, -0.25) is 47.9 Å². The van der Waals surface area contributed by atoms with Crippen molar-refractivity contribution in [2.24, 2.45) is 29.1 Å². The Morgan fingerprint density at radius 3 is 1.75 bits per heavy atom. The van der Waals surface area contributed by atoms with Crippen LogP contribution in [0.4, 0.5) is 0 Å². The number of hydrogen-bond donors (Lipinski definition) is 4. The minimum Gasteiger partial charge on any atom is -0.452 e. The summed E-state index contributed by atoms with van der Waals surface area (Å²) in [7, 11) is 5.62. The van der Waals surface area contributed by atoms with Gasteiger partial charge in [0, 0.05) is 46.6 Å². The summed E-state index contributed by atoms with van der Waals surface area (Å²) in [6.07, 6.45) is -0.422. The Morgan fingerprint density at radius 1 is 0.681 bits per heavy atom. The molecular weight excluding hydrogens is 889 g/mol. The van der Waals surface area contributed by atoms with E-state index in [1.165, 1.54) is 77.5 Å². The number of nitrogens with one attached hydrogen (secondary N) is 4. The summed E-state index contributed by atoms with van der Waals surface area (Å²) in [6.45, 7) is 18.5. The van der Waals surface area contributed by atoms with Gasteiger partial charge in [-0.15, -0.1) is 0 Å². The molecule has 19 nitrogen and oxygen atoms in total. The zero-order valence-electron chi connectivity index (χ0n) is 43.8. The summed E-state index contributed by atoms with van der Waals surface area (Å²) in [5.74, 6) is -8.81. The number of likely N-dealkylation sites (N-methyl/N-ethyl adjacent to an activating group) is 4. The molecule has 1 saturated heterocycles. The highest BCUT2D eigenvalue weighted by atomic mass is 16.5. The molecule has 1 aromatic rings. The third-order valence-corrected chi connectivity index (χ3v) is 13.4. The van der Waals surface area contributed by atoms with Gasteiger partial charge in [-0.05, 0) is 71.3 Å². The SMILES string of the molecule is CC[C@@H]1NC(=O)[C@H](C)N(C)C(=O)C(C)(C)C(=O)[C@H](C)NC(=O)[C@@H](Cc2ccccc2)N(C)C(=O)[C@@H](C(C)C)N(C)C(=O)CNC(=O)[C@@H](CC(C)C)N(C)C(=O)CNC(=O)[C@H]([C@@H](C)CC)OC(=O)[C@@H]1C. The van der Waals surface area contributed by atoms with Crippen LogP contribution in [0.1, 0.15) is 108 Å². The summed E-state index contributed by atoms with van der Waals surface area (Å²) in [5.41, 5.74) is -1.07. The Bertz CT molecular complexity index is 2010. The molecule has 4 N–H and O–H groups in total. The molecule has 0 aliphatic carbocycles. The van der Waals surface area contributed by atoms with Crippen molar-refractivity contribution in [1.29, 1.82) is 0 Å². The minimum atomic E-state index is -1.77. The standard InChI is InChI=1S/C50H80N8O11/c1-17-30(7)41-46(65)52-26-38(59)56(14)36(24-28(3)4)44(63)51-27-39(60)58(16)40(29(5)6)47(66)57(15)37(25-34-22-20-19-21-23-34)45(64)53-32(9)42(61)50(11,12)49(68)55(13)33(10)43(62)54-35(18-2)31(8)48(67)69-41/h19-23,28-33,35-37,40-41H,17-18,24-27H2,1-16H3,(H,51,63)(H,52,65)(H,53,64)(H,54,62)/t30-,31+,32-,33-,35-,36+,37+,40+,41-/m0/s1. The van der Waals surface area contributed by atoms with Crippen LogP contribution in [0.5, 0.6) is 0 Å². The highest BCUT2D eigenvalue weighted by Crippen LogP contribution is 2.25. The van der Waals surface area contributed by atoms with Gasteiger partial charge in [0.15, 0.2) is 11.9 Å². The van der Waals surface area contributed by atoms with E-state index in [0.29, 0.717) is 12.0 Å². The lowest BCUT2D eigenvalue weighted by Crippen LogP contribution is -2.60. The molecule has 0 bridgehead atoms. The van der Waals surface area contributed by atoms with Gasteiger partial charge in [0.25, 0.3) is 5.91 Å². The molecule has 0 aromatic heterocycles. The highest BCUT2D eigenvalue weighted by Gasteiger charge is 2.45. The van der Waals surface area contributed by atoms with Gasteiger partial charge >= 0.3 is 5.97 Å². The predicted octanol–water partition coefficient (Wildman–Crippen LogP) is 2.09. The van der Waals surface area contributed by atoms with Crippen molar-refractivity contribution >= 4 is 59.0 Å². The largest absolute Gasteiger partial charge is 0.452 e. The van der Waals surface area contributed by atoms with E-state index in [1.807, 2.05) is 13.8 Å². The first-order valence-electron chi connectivity index (χ1n) is 24.0. The number of nitrogens with zero attached hydrogens (tertiary/aromatic N) is 4. The molecule has 1 aromatic carbocycles. The Kier molecular flexibility index (Phi) is 22.5. The normalized spacial score (nSPS) is 27.2. The second kappa shape index (κ2) is 26.2. The Labute approximate surface area is 408 Å². The molecule has 0 unspecified atom stereocenters. The van der Waals surface area contributed by atoms with Crippen LogP contribution in [0, 0.1) is 29.1 Å². The van der Waals surface area contributed by atoms with E-state index >= 15 is 0 Å². The molecule has 1 aliphatic heterocycles. The van der Waals surface area contributed by atoms with Crippen LogP contribution in [0.2, 0.25) is 0 Å². The highest BCUT2D eigenvalue weighted by molar-refractivity contribution is 6.09. The summed E-state index contributed by atoms with van der Waals surface area (Å²) in [6, 6.07) is 2.32.